The minimum atomic E-state index is -0.443. The van der Waals surface area contributed by atoms with Gasteiger partial charge in [-0.25, -0.2) is 0 Å². The van der Waals surface area contributed by atoms with Crippen molar-refractivity contribution in [2.75, 3.05) is 7.11 Å². The summed E-state index contributed by atoms with van der Waals surface area (Å²) in [4.78, 5) is 21.8. The highest BCUT2D eigenvalue weighted by atomic mass is 16.5. The molecule has 1 atom stereocenters. The van der Waals surface area contributed by atoms with Crippen molar-refractivity contribution in [2.45, 2.75) is 25.4 Å². The van der Waals surface area contributed by atoms with Crippen molar-refractivity contribution >= 4 is 11.8 Å². The van der Waals surface area contributed by atoms with Gasteiger partial charge in [-0.1, -0.05) is 0 Å². The Morgan fingerprint density at radius 1 is 1.55 bits per heavy atom. The van der Waals surface area contributed by atoms with Crippen LogP contribution in [0.4, 0.5) is 0 Å². The molecule has 1 aliphatic rings. The maximum absolute atomic E-state index is 11.0. The van der Waals surface area contributed by atoms with Crippen molar-refractivity contribution in [2.24, 2.45) is 0 Å². The fourth-order valence-corrected chi connectivity index (χ4v) is 1.08. The Kier molecular flexibility index (Phi) is 2.59. The summed E-state index contributed by atoms with van der Waals surface area (Å²) in [5.41, 5.74) is 0. The molecule has 0 radical (unpaired) electrons. The van der Waals surface area contributed by atoms with Crippen molar-refractivity contribution in [3.63, 3.8) is 0 Å². The minimum absolute atomic E-state index is 0.199. The summed E-state index contributed by atoms with van der Waals surface area (Å²) in [6.45, 7) is 0. The summed E-state index contributed by atoms with van der Waals surface area (Å²) in [7, 11) is 1.47. The van der Waals surface area contributed by atoms with Gasteiger partial charge in [-0.2, -0.15) is 0 Å². The number of rotatable bonds is 1. The predicted octanol–water partition coefficient (Wildman–Crippen LogP) is -0.172. The summed E-state index contributed by atoms with van der Waals surface area (Å²) in [5.74, 6) is -0.510. The van der Waals surface area contributed by atoms with Crippen LogP contribution in [0.1, 0.15) is 19.3 Å². The molecule has 62 valence electrons. The third-order valence-electron chi connectivity index (χ3n) is 1.71. The lowest BCUT2D eigenvalue weighted by Gasteiger charge is -2.08. The Labute approximate surface area is 64.9 Å². The van der Waals surface area contributed by atoms with E-state index >= 15 is 0 Å². The van der Waals surface area contributed by atoms with Gasteiger partial charge in [-0.3, -0.25) is 14.9 Å². The van der Waals surface area contributed by atoms with E-state index in [0.717, 1.165) is 6.42 Å². The van der Waals surface area contributed by atoms with Crippen LogP contribution in [0.5, 0.6) is 0 Å². The van der Waals surface area contributed by atoms with Gasteiger partial charge >= 0.3 is 0 Å². The number of carbonyl (C=O) groups excluding carboxylic acids is 2. The smallest absolute Gasteiger partial charge is 0.255 e. The van der Waals surface area contributed by atoms with E-state index in [9.17, 15) is 9.59 Å². The molecule has 1 fully saturated rings. The molecule has 11 heavy (non-hydrogen) atoms. The first-order chi connectivity index (χ1) is 5.24. The molecular weight excluding hydrogens is 146 g/mol. The molecule has 1 N–H and O–H groups in total. The van der Waals surface area contributed by atoms with Gasteiger partial charge in [0.05, 0.1) is 0 Å². The van der Waals surface area contributed by atoms with Gasteiger partial charge in [0.1, 0.15) is 6.10 Å². The summed E-state index contributed by atoms with van der Waals surface area (Å²) >= 11 is 0. The summed E-state index contributed by atoms with van der Waals surface area (Å²) in [6, 6.07) is 0. The monoisotopic (exact) mass is 157 g/mol. The molecule has 0 saturated carbocycles. The molecule has 0 spiro atoms. The highest BCUT2D eigenvalue weighted by molar-refractivity contribution is 5.98. The number of hydrogen-bond acceptors (Lipinski definition) is 3. The second kappa shape index (κ2) is 3.48. The molecule has 4 heteroatoms. The minimum Gasteiger partial charge on any atom is -0.372 e. The molecule has 1 heterocycles. The largest absolute Gasteiger partial charge is 0.372 e. The van der Waals surface area contributed by atoms with Crippen molar-refractivity contribution in [3.8, 4) is 0 Å². The maximum Gasteiger partial charge on any atom is 0.255 e. The summed E-state index contributed by atoms with van der Waals surface area (Å²) < 4.78 is 4.87. The second-order valence-corrected chi connectivity index (χ2v) is 2.53. The lowest BCUT2D eigenvalue weighted by Crippen LogP contribution is -2.36. The van der Waals surface area contributed by atoms with Gasteiger partial charge < -0.3 is 4.74 Å². The Hall–Kier alpha value is -0.900. The van der Waals surface area contributed by atoms with Crippen LogP contribution >= 0.6 is 0 Å². The molecule has 0 bridgehead atoms. The number of hydrogen-bond donors (Lipinski definition) is 1. The van der Waals surface area contributed by atoms with Crippen molar-refractivity contribution < 1.29 is 14.3 Å². The van der Waals surface area contributed by atoms with E-state index in [0.29, 0.717) is 12.8 Å². The van der Waals surface area contributed by atoms with Gasteiger partial charge in [0.2, 0.25) is 5.91 Å². The highest BCUT2D eigenvalue weighted by Crippen LogP contribution is 2.08. The Bertz CT molecular complexity index is 179. The van der Waals surface area contributed by atoms with Crippen molar-refractivity contribution in [3.05, 3.63) is 0 Å². The second-order valence-electron chi connectivity index (χ2n) is 2.53. The number of methoxy groups -OCH3 is 1. The highest BCUT2D eigenvalue weighted by Gasteiger charge is 2.23. The number of amides is 2. The Morgan fingerprint density at radius 3 is 2.91 bits per heavy atom. The Morgan fingerprint density at radius 2 is 2.27 bits per heavy atom. The van der Waals surface area contributed by atoms with Crippen LogP contribution in [0, 0.1) is 0 Å². The molecular formula is C7H11NO3. The fourth-order valence-electron chi connectivity index (χ4n) is 1.08. The van der Waals surface area contributed by atoms with Gasteiger partial charge in [-0.05, 0) is 12.8 Å². The normalized spacial score (nSPS) is 26.1. The molecule has 2 amide bonds. The zero-order valence-corrected chi connectivity index (χ0v) is 6.42. The van der Waals surface area contributed by atoms with Crippen LogP contribution in [0.2, 0.25) is 0 Å². The fraction of sp³-hybridized carbons (Fsp3) is 0.714. The third kappa shape index (κ3) is 2.01. The first-order valence-corrected chi connectivity index (χ1v) is 3.60. The number of nitrogens with one attached hydrogen (secondary N) is 1. The quantitative estimate of drug-likeness (QED) is 0.537. The number of imide groups is 1. The molecule has 0 aromatic carbocycles. The third-order valence-corrected chi connectivity index (χ3v) is 1.71. The van der Waals surface area contributed by atoms with Gasteiger partial charge in [0, 0.05) is 13.5 Å². The molecule has 1 rings (SSSR count). The van der Waals surface area contributed by atoms with Crippen LogP contribution in [-0.4, -0.2) is 25.0 Å². The lowest BCUT2D eigenvalue weighted by molar-refractivity contribution is -0.135. The van der Waals surface area contributed by atoms with Crippen LogP contribution < -0.4 is 5.32 Å². The van der Waals surface area contributed by atoms with E-state index in [4.69, 9.17) is 4.74 Å². The van der Waals surface area contributed by atoms with Crippen LogP contribution in [0.25, 0.3) is 0 Å². The topological polar surface area (TPSA) is 55.4 Å². The SMILES string of the molecule is COC1CCCC(=O)NC1=O. The number of ether oxygens (including phenoxy) is 1. The zero-order chi connectivity index (χ0) is 8.27. The molecule has 4 nitrogen and oxygen atoms in total. The van der Waals surface area contributed by atoms with E-state index in [1.54, 1.807) is 0 Å². The first-order valence-electron chi connectivity index (χ1n) is 3.60. The number of carbonyl (C=O) groups is 2. The summed E-state index contributed by atoms with van der Waals surface area (Å²) in [6.07, 6.45) is 1.33. The zero-order valence-electron chi connectivity index (χ0n) is 6.42. The lowest BCUT2D eigenvalue weighted by atomic mass is 10.2. The van der Waals surface area contributed by atoms with E-state index in [1.165, 1.54) is 7.11 Å². The molecule has 0 aromatic rings. The average Bonchev–Trinajstić information content (AvgIpc) is 2.11. The van der Waals surface area contributed by atoms with Crippen molar-refractivity contribution in [1.29, 1.82) is 0 Å². The van der Waals surface area contributed by atoms with Gasteiger partial charge in [-0.15, -0.1) is 0 Å². The maximum atomic E-state index is 11.0. The molecule has 1 saturated heterocycles. The molecule has 0 aliphatic carbocycles. The van der Waals surface area contributed by atoms with E-state index in [-0.39, 0.29) is 11.8 Å². The van der Waals surface area contributed by atoms with E-state index in [2.05, 4.69) is 5.32 Å². The average molecular weight is 157 g/mol. The van der Waals surface area contributed by atoms with Crippen LogP contribution in [-0.2, 0) is 14.3 Å². The van der Waals surface area contributed by atoms with Gasteiger partial charge in [0.15, 0.2) is 0 Å². The van der Waals surface area contributed by atoms with Gasteiger partial charge in [0.25, 0.3) is 5.91 Å². The molecule has 1 unspecified atom stereocenters. The summed E-state index contributed by atoms with van der Waals surface area (Å²) in [5, 5.41) is 2.24. The molecule has 0 aromatic heterocycles. The van der Waals surface area contributed by atoms with E-state index < -0.39 is 6.10 Å². The predicted molar refractivity (Wildman–Crippen MR) is 37.8 cm³/mol. The Balaban J connectivity index is 2.57. The van der Waals surface area contributed by atoms with Crippen LogP contribution in [0.15, 0.2) is 0 Å². The molecule has 1 aliphatic heterocycles. The van der Waals surface area contributed by atoms with Crippen molar-refractivity contribution in [1.82, 2.24) is 5.32 Å². The standard InChI is InChI=1S/C7H11NO3/c1-11-5-3-2-4-6(9)8-7(5)10/h5H,2-4H2,1H3,(H,8,9,10). The first kappa shape index (κ1) is 8.20. The van der Waals surface area contributed by atoms with E-state index in [1.807, 2.05) is 0 Å². The van der Waals surface area contributed by atoms with Crippen LogP contribution in [0.3, 0.4) is 0 Å².